The Kier molecular flexibility index (Phi) is 7.15. The molecule has 0 N–H and O–H groups in total. The third-order valence-corrected chi connectivity index (χ3v) is 7.42. The van der Waals surface area contributed by atoms with Gasteiger partial charge in [0.05, 0.1) is 6.42 Å². The summed E-state index contributed by atoms with van der Waals surface area (Å²) in [5, 5.41) is 0. The van der Waals surface area contributed by atoms with Gasteiger partial charge in [-0.1, -0.05) is 42.5 Å². The molecule has 5 rings (SSSR count). The third kappa shape index (κ3) is 6.09. The van der Waals surface area contributed by atoms with E-state index < -0.39 is 30.5 Å². The summed E-state index contributed by atoms with van der Waals surface area (Å²) in [5.74, 6) is -0.366. The van der Waals surface area contributed by atoms with Gasteiger partial charge in [-0.3, -0.25) is 0 Å². The molecular weight excluding hydrogens is 525 g/mol. The highest BCUT2D eigenvalue weighted by Gasteiger charge is 2.45. The van der Waals surface area contributed by atoms with Gasteiger partial charge in [0.2, 0.25) is 0 Å². The first-order chi connectivity index (χ1) is 18.4. The summed E-state index contributed by atoms with van der Waals surface area (Å²) in [4.78, 5) is 3.63. The molecule has 1 saturated heterocycles. The molecule has 0 saturated carbocycles. The molecule has 2 aliphatic heterocycles. The quantitative estimate of drug-likeness (QED) is 0.284. The molecule has 0 bridgehead atoms. The molecule has 2 unspecified atom stereocenters. The number of halogens is 7. The fourth-order valence-corrected chi connectivity index (χ4v) is 5.76. The van der Waals surface area contributed by atoms with Crippen molar-refractivity contribution in [3.63, 3.8) is 0 Å². The van der Waals surface area contributed by atoms with Crippen molar-refractivity contribution in [1.82, 2.24) is 0 Å². The second-order valence-electron chi connectivity index (χ2n) is 10.1. The fourth-order valence-electron chi connectivity index (χ4n) is 5.76. The van der Waals surface area contributed by atoms with Crippen LogP contribution >= 0.6 is 0 Å². The fraction of sp³-hybridized carbons (Fsp3) is 0.379. The summed E-state index contributed by atoms with van der Waals surface area (Å²) in [6.45, 7) is 0.737. The second kappa shape index (κ2) is 10.3. The Morgan fingerprint density at radius 3 is 2.38 bits per heavy atom. The largest absolute Gasteiger partial charge is 0.573 e. The van der Waals surface area contributed by atoms with Gasteiger partial charge in [0.1, 0.15) is 11.9 Å². The number of rotatable bonds is 7. The standard InChI is InChI=1S/C29H27F7N2O/c30-22-11-13-37(18-22)23-7-4-6-21(16-23)27(17-20-5-3-8-24(15-20)39-29(34,35)36)19-38(14-12-28(31,32)33)26-10-2-1-9-25(26)27/h1-10,15-16,22H,11-14,17-19H2. The lowest BCUT2D eigenvalue weighted by molar-refractivity contribution is -0.274. The molecule has 0 aliphatic carbocycles. The van der Waals surface area contributed by atoms with E-state index in [-0.39, 0.29) is 31.8 Å². The summed E-state index contributed by atoms with van der Waals surface area (Å²) in [5.41, 5.74) is 2.71. The van der Waals surface area contributed by atoms with Crippen molar-refractivity contribution < 1.29 is 35.5 Å². The number of hydrogen-bond donors (Lipinski definition) is 0. The SMILES string of the molecule is FC1CCN(c2cccc(C3(Cc4cccc(OC(F)(F)F)c4)CN(CCC(F)(F)F)c4ccccc43)c2)C1. The van der Waals surface area contributed by atoms with Gasteiger partial charge >= 0.3 is 12.5 Å². The molecule has 39 heavy (non-hydrogen) atoms. The van der Waals surface area contributed by atoms with Gasteiger partial charge in [-0.05, 0) is 59.9 Å². The molecule has 0 amide bonds. The van der Waals surface area contributed by atoms with Crippen molar-refractivity contribution in [3.8, 4) is 5.75 Å². The number of anilines is 2. The van der Waals surface area contributed by atoms with E-state index in [9.17, 15) is 30.7 Å². The van der Waals surface area contributed by atoms with Crippen molar-refractivity contribution in [2.45, 2.75) is 43.4 Å². The molecule has 0 radical (unpaired) electrons. The zero-order chi connectivity index (χ0) is 27.8. The van der Waals surface area contributed by atoms with E-state index in [1.807, 2.05) is 41.3 Å². The predicted molar refractivity (Wildman–Crippen MR) is 135 cm³/mol. The monoisotopic (exact) mass is 552 g/mol. The van der Waals surface area contributed by atoms with Crippen molar-refractivity contribution in [2.24, 2.45) is 0 Å². The minimum Gasteiger partial charge on any atom is -0.406 e. The van der Waals surface area contributed by atoms with Gasteiger partial charge in [0.25, 0.3) is 0 Å². The zero-order valence-corrected chi connectivity index (χ0v) is 20.9. The van der Waals surface area contributed by atoms with Crippen LogP contribution in [0.3, 0.4) is 0 Å². The van der Waals surface area contributed by atoms with Crippen LogP contribution in [0.5, 0.6) is 5.75 Å². The number of nitrogens with zero attached hydrogens (tertiary/aromatic N) is 2. The molecule has 3 nitrogen and oxygen atoms in total. The van der Waals surface area contributed by atoms with Crippen LogP contribution in [0.2, 0.25) is 0 Å². The molecular formula is C29H27F7N2O. The summed E-state index contributed by atoms with van der Waals surface area (Å²) >= 11 is 0. The summed E-state index contributed by atoms with van der Waals surface area (Å²) in [6.07, 6.45) is -10.5. The number of ether oxygens (including phenoxy) is 1. The molecule has 208 valence electrons. The second-order valence-corrected chi connectivity index (χ2v) is 10.1. The minimum atomic E-state index is -4.86. The van der Waals surface area contributed by atoms with E-state index in [0.29, 0.717) is 24.2 Å². The Bertz CT molecular complexity index is 1310. The lowest BCUT2D eigenvalue weighted by Gasteiger charge is -2.33. The Morgan fingerprint density at radius 1 is 0.897 bits per heavy atom. The number of hydrogen-bond acceptors (Lipinski definition) is 3. The summed E-state index contributed by atoms with van der Waals surface area (Å²) in [7, 11) is 0. The lowest BCUT2D eigenvalue weighted by atomic mass is 9.71. The average Bonchev–Trinajstić information content (AvgIpc) is 3.44. The molecule has 0 aromatic heterocycles. The first-order valence-electron chi connectivity index (χ1n) is 12.7. The number of fused-ring (bicyclic) bond motifs is 1. The molecule has 10 heteroatoms. The Balaban J connectivity index is 1.59. The molecule has 3 aromatic carbocycles. The molecule has 2 aliphatic rings. The first-order valence-corrected chi connectivity index (χ1v) is 12.7. The summed E-state index contributed by atoms with van der Waals surface area (Å²) in [6, 6.07) is 20.4. The van der Waals surface area contributed by atoms with Crippen LogP contribution in [0.15, 0.2) is 72.8 Å². The smallest absolute Gasteiger partial charge is 0.406 e. The molecule has 0 spiro atoms. The Hall–Kier alpha value is -3.43. The topological polar surface area (TPSA) is 15.7 Å². The van der Waals surface area contributed by atoms with E-state index in [1.165, 1.54) is 18.2 Å². The number of alkyl halides is 7. The number of benzene rings is 3. The number of para-hydroxylation sites is 1. The van der Waals surface area contributed by atoms with Crippen molar-refractivity contribution in [2.75, 3.05) is 36.0 Å². The highest BCUT2D eigenvalue weighted by atomic mass is 19.4. The highest BCUT2D eigenvalue weighted by molar-refractivity contribution is 5.68. The van der Waals surface area contributed by atoms with E-state index in [1.54, 1.807) is 23.1 Å². The minimum absolute atomic E-state index is 0.196. The maximum atomic E-state index is 14.0. The van der Waals surface area contributed by atoms with E-state index in [2.05, 4.69) is 4.74 Å². The van der Waals surface area contributed by atoms with Gasteiger partial charge in [-0.25, -0.2) is 4.39 Å². The molecule has 1 fully saturated rings. The maximum absolute atomic E-state index is 14.0. The molecule has 2 heterocycles. The van der Waals surface area contributed by atoms with E-state index >= 15 is 0 Å². The van der Waals surface area contributed by atoms with Crippen LogP contribution < -0.4 is 14.5 Å². The van der Waals surface area contributed by atoms with Crippen LogP contribution in [0.4, 0.5) is 42.1 Å². The lowest BCUT2D eigenvalue weighted by Crippen LogP contribution is -2.38. The Morgan fingerprint density at radius 2 is 1.67 bits per heavy atom. The maximum Gasteiger partial charge on any atom is 0.573 e. The van der Waals surface area contributed by atoms with Gasteiger partial charge in [-0.2, -0.15) is 13.2 Å². The molecule has 2 atom stereocenters. The van der Waals surface area contributed by atoms with Gasteiger partial charge in [0.15, 0.2) is 0 Å². The van der Waals surface area contributed by atoms with Crippen LogP contribution in [-0.2, 0) is 11.8 Å². The van der Waals surface area contributed by atoms with Crippen LogP contribution in [0, 0.1) is 0 Å². The Labute approximate surface area is 221 Å². The van der Waals surface area contributed by atoms with E-state index in [4.69, 9.17) is 0 Å². The highest BCUT2D eigenvalue weighted by Crippen LogP contribution is 2.48. The van der Waals surface area contributed by atoms with Gasteiger partial charge < -0.3 is 14.5 Å². The normalized spacial score (nSPS) is 21.4. The van der Waals surface area contributed by atoms with Crippen LogP contribution in [0.1, 0.15) is 29.5 Å². The van der Waals surface area contributed by atoms with Gasteiger partial charge in [-0.15, -0.1) is 13.2 Å². The van der Waals surface area contributed by atoms with Crippen molar-refractivity contribution in [1.29, 1.82) is 0 Å². The average molecular weight is 553 g/mol. The van der Waals surface area contributed by atoms with Crippen molar-refractivity contribution in [3.05, 3.63) is 89.5 Å². The van der Waals surface area contributed by atoms with Crippen LogP contribution in [0.25, 0.3) is 0 Å². The predicted octanol–water partition coefficient (Wildman–Crippen LogP) is 7.43. The van der Waals surface area contributed by atoms with E-state index in [0.717, 1.165) is 16.8 Å². The zero-order valence-electron chi connectivity index (χ0n) is 20.9. The first kappa shape index (κ1) is 27.1. The van der Waals surface area contributed by atoms with Crippen LogP contribution in [-0.4, -0.2) is 44.9 Å². The summed E-state index contributed by atoms with van der Waals surface area (Å²) < 4.78 is 96.5. The van der Waals surface area contributed by atoms with Gasteiger partial charge in [0, 0.05) is 43.0 Å². The third-order valence-electron chi connectivity index (χ3n) is 7.42. The van der Waals surface area contributed by atoms with Crippen molar-refractivity contribution >= 4 is 11.4 Å². The molecule has 3 aromatic rings.